The van der Waals surface area contributed by atoms with Crippen molar-refractivity contribution in [2.75, 3.05) is 11.9 Å². The summed E-state index contributed by atoms with van der Waals surface area (Å²) in [6.45, 7) is 5.85. The molecular formula is C26H31ClN2O5Si. The molecule has 3 N–H and O–H groups in total. The van der Waals surface area contributed by atoms with Crippen molar-refractivity contribution in [2.45, 2.75) is 62.7 Å². The average Bonchev–Trinajstić information content (AvgIpc) is 3.26. The van der Waals surface area contributed by atoms with E-state index in [0.717, 1.165) is 11.1 Å². The Morgan fingerprint density at radius 3 is 2.66 bits per heavy atom. The zero-order chi connectivity index (χ0) is 25.1. The molecule has 35 heavy (non-hydrogen) atoms. The highest BCUT2D eigenvalue weighted by molar-refractivity contribution is 6.71. The summed E-state index contributed by atoms with van der Waals surface area (Å²) in [5, 5.41) is 13.4. The van der Waals surface area contributed by atoms with Crippen LogP contribution in [-0.2, 0) is 32.9 Å². The average molecular weight is 515 g/mol. The van der Waals surface area contributed by atoms with Gasteiger partial charge >= 0.3 is 0 Å². The smallest absolute Gasteiger partial charge is 0.261 e. The number of hydrogen-bond acceptors (Lipinski definition) is 5. The second kappa shape index (κ2) is 8.71. The van der Waals surface area contributed by atoms with Crippen LogP contribution in [0.25, 0.3) is 0 Å². The van der Waals surface area contributed by atoms with Crippen molar-refractivity contribution in [1.29, 1.82) is 0 Å². The van der Waals surface area contributed by atoms with E-state index < -0.39 is 20.0 Å². The highest BCUT2D eigenvalue weighted by Gasteiger charge is 2.65. The summed E-state index contributed by atoms with van der Waals surface area (Å²) in [5.74, 6) is -0.802. The monoisotopic (exact) mass is 514 g/mol. The standard InChI is InChI=1S/C26H31ClN2O5Si/c1-15-24(35(2,3)33)22(34-26(15)20-11-18(27)8-9-21(20)28-25(26)32)12-23(31)29-13-17-7-5-4-6-16(17)10-19(29)14-30/h4-9,11,15,19,22,24,30,33H,10,12-14H2,1-3H3,(H,28,32)/t15-,19+,22+,24-,26+/m1/s1. The lowest BCUT2D eigenvalue weighted by Gasteiger charge is -2.37. The van der Waals surface area contributed by atoms with Gasteiger partial charge in [0.1, 0.15) is 0 Å². The number of carbonyl (C=O) groups excluding carboxylic acids is 2. The van der Waals surface area contributed by atoms with Gasteiger partial charge < -0.3 is 24.9 Å². The lowest BCUT2D eigenvalue weighted by molar-refractivity contribution is -0.149. The predicted molar refractivity (Wildman–Crippen MR) is 135 cm³/mol. The molecule has 5 rings (SSSR count). The van der Waals surface area contributed by atoms with E-state index in [1.165, 1.54) is 0 Å². The van der Waals surface area contributed by atoms with Gasteiger partial charge in [-0.1, -0.05) is 42.8 Å². The molecular weight excluding hydrogens is 484 g/mol. The topological polar surface area (TPSA) is 99.1 Å². The van der Waals surface area contributed by atoms with Gasteiger partial charge in [-0.05, 0) is 48.8 Å². The number of rotatable bonds is 4. The van der Waals surface area contributed by atoms with E-state index in [4.69, 9.17) is 16.3 Å². The molecule has 7 nitrogen and oxygen atoms in total. The molecule has 3 aliphatic heterocycles. The minimum absolute atomic E-state index is 0.0234. The molecule has 2 aromatic rings. The molecule has 9 heteroatoms. The number of benzene rings is 2. The van der Waals surface area contributed by atoms with Gasteiger partial charge in [0.05, 0.1) is 25.2 Å². The van der Waals surface area contributed by atoms with Gasteiger partial charge in [0.25, 0.3) is 5.91 Å². The minimum Gasteiger partial charge on any atom is -0.432 e. The Morgan fingerprint density at radius 2 is 1.97 bits per heavy atom. The quantitative estimate of drug-likeness (QED) is 0.543. The normalized spacial score (nSPS) is 29.8. The Kier molecular flexibility index (Phi) is 6.09. The molecule has 5 atom stereocenters. The number of halogens is 1. The third-order valence-electron chi connectivity index (χ3n) is 7.96. The van der Waals surface area contributed by atoms with Crippen molar-refractivity contribution in [2.24, 2.45) is 5.92 Å². The Labute approximate surface area is 211 Å². The van der Waals surface area contributed by atoms with Gasteiger partial charge in [0, 0.05) is 34.3 Å². The Bertz CT molecular complexity index is 1180. The van der Waals surface area contributed by atoms with Crippen LogP contribution in [0.4, 0.5) is 5.69 Å². The second-order valence-corrected chi connectivity index (χ2v) is 14.9. The fraction of sp³-hybridized carbons (Fsp3) is 0.462. The predicted octanol–water partition coefficient (Wildman–Crippen LogP) is 3.43. The van der Waals surface area contributed by atoms with Crippen LogP contribution in [0.15, 0.2) is 42.5 Å². The zero-order valence-corrected chi connectivity index (χ0v) is 21.9. The lowest BCUT2D eigenvalue weighted by Crippen LogP contribution is -2.48. The van der Waals surface area contributed by atoms with E-state index in [2.05, 4.69) is 5.32 Å². The Balaban J connectivity index is 1.47. The third-order valence-corrected chi connectivity index (χ3v) is 10.7. The van der Waals surface area contributed by atoms with Crippen LogP contribution in [0.1, 0.15) is 30.0 Å². The third kappa shape index (κ3) is 3.92. The van der Waals surface area contributed by atoms with Crippen LogP contribution in [0, 0.1) is 5.92 Å². The molecule has 1 saturated heterocycles. The van der Waals surface area contributed by atoms with E-state index >= 15 is 0 Å². The van der Waals surface area contributed by atoms with E-state index in [9.17, 15) is 19.5 Å². The maximum Gasteiger partial charge on any atom is 0.261 e. The number of fused-ring (bicyclic) bond motifs is 3. The molecule has 3 aliphatic rings. The molecule has 0 radical (unpaired) electrons. The molecule has 1 fully saturated rings. The van der Waals surface area contributed by atoms with Crippen LogP contribution in [0.3, 0.4) is 0 Å². The molecule has 0 unspecified atom stereocenters. The summed E-state index contributed by atoms with van der Waals surface area (Å²) >= 11 is 6.28. The van der Waals surface area contributed by atoms with Crippen LogP contribution >= 0.6 is 11.6 Å². The Morgan fingerprint density at radius 1 is 1.26 bits per heavy atom. The van der Waals surface area contributed by atoms with Gasteiger partial charge in [0.2, 0.25) is 5.91 Å². The van der Waals surface area contributed by atoms with Crippen LogP contribution in [0.5, 0.6) is 0 Å². The fourth-order valence-electron chi connectivity index (χ4n) is 6.40. The SMILES string of the molecule is C[C@@H]1[C@@H]([Si](C)(C)O)[C@H](CC(=O)N2Cc3ccccc3C[C@H]2CO)O[C@@]12C(=O)Nc1ccc(Cl)cc12. The number of aliphatic hydroxyl groups is 1. The summed E-state index contributed by atoms with van der Waals surface area (Å²) in [6, 6.07) is 12.8. The van der Waals surface area contributed by atoms with E-state index in [0.29, 0.717) is 29.2 Å². The van der Waals surface area contributed by atoms with Crippen molar-refractivity contribution in [3.63, 3.8) is 0 Å². The number of carbonyl (C=O) groups is 2. The largest absolute Gasteiger partial charge is 0.432 e. The van der Waals surface area contributed by atoms with Gasteiger partial charge in [0.15, 0.2) is 13.9 Å². The van der Waals surface area contributed by atoms with Crippen LogP contribution in [-0.4, -0.2) is 53.7 Å². The van der Waals surface area contributed by atoms with Crippen molar-refractivity contribution in [3.8, 4) is 0 Å². The van der Waals surface area contributed by atoms with Crippen LogP contribution in [0.2, 0.25) is 23.7 Å². The Hall–Kier alpha value is -2.23. The van der Waals surface area contributed by atoms with Gasteiger partial charge in [-0.2, -0.15) is 0 Å². The minimum atomic E-state index is -2.87. The lowest BCUT2D eigenvalue weighted by atomic mass is 9.82. The summed E-state index contributed by atoms with van der Waals surface area (Å²) in [6.07, 6.45) is -0.0333. The number of amides is 2. The van der Waals surface area contributed by atoms with Crippen LogP contribution < -0.4 is 5.32 Å². The molecule has 0 saturated carbocycles. The first-order valence-electron chi connectivity index (χ1n) is 12.0. The highest BCUT2D eigenvalue weighted by Crippen LogP contribution is 2.58. The molecule has 2 amide bonds. The first-order chi connectivity index (χ1) is 16.6. The summed E-state index contributed by atoms with van der Waals surface area (Å²) in [5.41, 5.74) is 1.83. The van der Waals surface area contributed by atoms with Crippen molar-refractivity contribution in [3.05, 3.63) is 64.2 Å². The fourth-order valence-corrected chi connectivity index (χ4v) is 9.13. The zero-order valence-electron chi connectivity index (χ0n) is 20.1. The molecule has 0 aliphatic carbocycles. The number of hydrogen-bond donors (Lipinski definition) is 3. The summed E-state index contributed by atoms with van der Waals surface area (Å²) < 4.78 is 6.55. The first-order valence-corrected chi connectivity index (χ1v) is 15.4. The number of nitrogens with one attached hydrogen (secondary N) is 1. The number of anilines is 1. The molecule has 1 spiro atoms. The maximum atomic E-state index is 13.6. The maximum absolute atomic E-state index is 13.6. The van der Waals surface area contributed by atoms with Gasteiger partial charge in [-0.25, -0.2) is 0 Å². The molecule has 2 aromatic carbocycles. The number of aliphatic hydroxyl groups excluding tert-OH is 1. The van der Waals surface area contributed by atoms with Gasteiger partial charge in [-0.3, -0.25) is 9.59 Å². The van der Waals surface area contributed by atoms with Crippen molar-refractivity contribution >= 4 is 37.4 Å². The summed E-state index contributed by atoms with van der Waals surface area (Å²) in [7, 11) is -2.87. The molecule has 186 valence electrons. The van der Waals surface area contributed by atoms with E-state index in [1.807, 2.05) is 44.3 Å². The highest BCUT2D eigenvalue weighted by atomic mass is 35.5. The number of nitrogens with zero attached hydrogens (tertiary/aromatic N) is 1. The molecule has 3 heterocycles. The van der Waals surface area contributed by atoms with E-state index in [1.54, 1.807) is 23.1 Å². The molecule has 0 aromatic heterocycles. The van der Waals surface area contributed by atoms with Crippen molar-refractivity contribution < 1.29 is 24.2 Å². The molecule has 0 bridgehead atoms. The van der Waals surface area contributed by atoms with E-state index in [-0.39, 0.29) is 42.3 Å². The number of ether oxygens (including phenoxy) is 1. The van der Waals surface area contributed by atoms with Crippen molar-refractivity contribution in [1.82, 2.24) is 4.90 Å². The second-order valence-electron chi connectivity index (χ2n) is 10.5. The summed E-state index contributed by atoms with van der Waals surface area (Å²) in [4.78, 5) is 40.0. The van der Waals surface area contributed by atoms with Gasteiger partial charge in [-0.15, -0.1) is 0 Å². The first kappa shape index (κ1) is 24.5.